The van der Waals surface area contributed by atoms with Crippen molar-refractivity contribution in [1.29, 1.82) is 0 Å². The van der Waals surface area contributed by atoms with E-state index in [0.29, 0.717) is 0 Å². The van der Waals surface area contributed by atoms with Gasteiger partial charge in [0.25, 0.3) is 0 Å². The average molecular weight is 316 g/mol. The lowest BCUT2D eigenvalue weighted by atomic mass is 10.1. The first kappa shape index (κ1) is 14.2. The Labute approximate surface area is 139 Å². The van der Waals surface area contributed by atoms with E-state index in [4.69, 9.17) is 9.97 Å². The fraction of sp³-hybridized carbons (Fsp3) is 0.100. The summed E-state index contributed by atoms with van der Waals surface area (Å²) in [5.74, 6) is 0.992. The Kier molecular flexibility index (Phi) is 3.72. The zero-order chi connectivity index (χ0) is 15.6. The van der Waals surface area contributed by atoms with Gasteiger partial charge in [0.05, 0.1) is 16.7 Å². The Morgan fingerprint density at radius 3 is 2.26 bits per heavy atom. The molecule has 2 nitrogen and oxygen atoms in total. The Bertz CT molecular complexity index is 995. The van der Waals surface area contributed by atoms with E-state index in [1.807, 2.05) is 24.3 Å². The maximum atomic E-state index is 4.84. The van der Waals surface area contributed by atoms with Crippen molar-refractivity contribution in [3.8, 4) is 11.3 Å². The van der Waals surface area contributed by atoms with Crippen molar-refractivity contribution >= 4 is 33.6 Å². The number of fused-ring (bicyclic) bond motifs is 2. The molecule has 0 aliphatic rings. The van der Waals surface area contributed by atoms with Crippen LogP contribution in [0.5, 0.6) is 0 Å². The molecule has 0 saturated heterocycles. The summed E-state index contributed by atoms with van der Waals surface area (Å²) in [4.78, 5) is 9.69. The summed E-state index contributed by atoms with van der Waals surface area (Å²) in [6, 6.07) is 22.9. The van der Waals surface area contributed by atoms with Crippen LogP contribution in [-0.4, -0.2) is 15.7 Å². The predicted octanol–water partition coefficient (Wildman–Crippen LogP) is 5.56. The van der Waals surface area contributed by atoms with E-state index in [9.17, 15) is 0 Å². The number of benzene rings is 2. The number of aromatic nitrogens is 2. The summed E-state index contributed by atoms with van der Waals surface area (Å²) >= 11 is 1.77. The zero-order valence-electron chi connectivity index (χ0n) is 12.9. The van der Waals surface area contributed by atoms with Crippen molar-refractivity contribution < 1.29 is 0 Å². The first-order valence-corrected chi connectivity index (χ1v) is 8.72. The first-order chi connectivity index (χ1) is 11.3. The van der Waals surface area contributed by atoms with Crippen LogP contribution in [0.1, 0.15) is 6.92 Å². The molecule has 2 heterocycles. The lowest BCUT2D eigenvalue weighted by molar-refractivity contribution is 1.18. The minimum Gasteiger partial charge on any atom is -0.248 e. The molecule has 3 heteroatoms. The highest BCUT2D eigenvalue weighted by molar-refractivity contribution is 7.99. The number of pyridine rings is 2. The molecule has 0 fully saturated rings. The van der Waals surface area contributed by atoms with Gasteiger partial charge in [-0.1, -0.05) is 49.4 Å². The summed E-state index contributed by atoms with van der Waals surface area (Å²) in [7, 11) is 0. The third kappa shape index (κ3) is 2.68. The normalized spacial score (nSPS) is 11.2. The molecular weight excluding hydrogens is 300 g/mol. The van der Waals surface area contributed by atoms with Gasteiger partial charge in [-0.2, -0.15) is 0 Å². The largest absolute Gasteiger partial charge is 0.248 e. The minimum atomic E-state index is 0.984. The molecule has 0 spiro atoms. The molecule has 4 rings (SSSR count). The smallest absolute Gasteiger partial charge is 0.106 e. The average Bonchev–Trinajstić information content (AvgIpc) is 2.61. The van der Waals surface area contributed by atoms with E-state index < -0.39 is 0 Å². The zero-order valence-corrected chi connectivity index (χ0v) is 13.7. The van der Waals surface area contributed by atoms with Gasteiger partial charge in [-0.3, -0.25) is 0 Å². The quantitative estimate of drug-likeness (QED) is 0.463. The van der Waals surface area contributed by atoms with Gasteiger partial charge in [-0.15, -0.1) is 11.8 Å². The Morgan fingerprint density at radius 2 is 1.48 bits per heavy atom. The van der Waals surface area contributed by atoms with Crippen LogP contribution in [0.2, 0.25) is 0 Å². The lowest BCUT2D eigenvalue weighted by Gasteiger charge is -2.10. The van der Waals surface area contributed by atoms with Gasteiger partial charge in [-0.25, -0.2) is 9.97 Å². The molecule has 0 N–H and O–H groups in total. The van der Waals surface area contributed by atoms with Gasteiger partial charge in [-0.05, 0) is 30.0 Å². The highest BCUT2D eigenvalue weighted by Crippen LogP contribution is 2.32. The maximum Gasteiger partial charge on any atom is 0.106 e. The molecule has 0 radical (unpaired) electrons. The fourth-order valence-corrected chi connectivity index (χ4v) is 3.50. The highest BCUT2D eigenvalue weighted by Gasteiger charge is 2.11. The summed E-state index contributed by atoms with van der Waals surface area (Å²) in [6.07, 6.45) is 0. The Morgan fingerprint density at radius 1 is 0.783 bits per heavy atom. The van der Waals surface area contributed by atoms with E-state index in [2.05, 4.69) is 49.4 Å². The van der Waals surface area contributed by atoms with E-state index in [0.717, 1.165) is 43.8 Å². The molecule has 0 aliphatic heterocycles. The van der Waals surface area contributed by atoms with Crippen molar-refractivity contribution in [2.75, 3.05) is 5.75 Å². The molecule has 4 aromatic rings. The van der Waals surface area contributed by atoms with Crippen LogP contribution >= 0.6 is 11.8 Å². The molecule has 2 aromatic carbocycles. The van der Waals surface area contributed by atoms with Crippen molar-refractivity contribution in [3.05, 3.63) is 66.7 Å². The number of thioether (sulfide) groups is 1. The molecule has 0 aliphatic carbocycles. The number of rotatable bonds is 3. The van der Waals surface area contributed by atoms with Crippen LogP contribution in [0.25, 0.3) is 33.1 Å². The van der Waals surface area contributed by atoms with Crippen LogP contribution < -0.4 is 0 Å². The number of nitrogens with zero attached hydrogens (tertiary/aromatic N) is 2. The molecule has 112 valence electrons. The van der Waals surface area contributed by atoms with E-state index in [1.54, 1.807) is 11.8 Å². The van der Waals surface area contributed by atoms with Crippen molar-refractivity contribution in [2.24, 2.45) is 0 Å². The van der Waals surface area contributed by atoms with E-state index >= 15 is 0 Å². The lowest BCUT2D eigenvalue weighted by Crippen LogP contribution is -1.92. The van der Waals surface area contributed by atoms with Gasteiger partial charge in [0.15, 0.2) is 0 Å². The second kappa shape index (κ2) is 6.01. The summed E-state index contributed by atoms with van der Waals surface area (Å²) in [5, 5.41) is 3.36. The Balaban J connectivity index is 1.95. The first-order valence-electron chi connectivity index (χ1n) is 7.74. The van der Waals surface area contributed by atoms with Crippen LogP contribution in [0.3, 0.4) is 0 Å². The van der Waals surface area contributed by atoms with Crippen LogP contribution in [0.15, 0.2) is 71.8 Å². The predicted molar refractivity (Wildman–Crippen MR) is 98.9 cm³/mol. The topological polar surface area (TPSA) is 25.8 Å². The van der Waals surface area contributed by atoms with Crippen molar-refractivity contribution in [3.63, 3.8) is 0 Å². The van der Waals surface area contributed by atoms with Gasteiger partial charge in [0, 0.05) is 16.3 Å². The second-order valence-corrected chi connectivity index (χ2v) is 6.61. The maximum absolute atomic E-state index is 4.84. The molecule has 2 aromatic heterocycles. The fourth-order valence-electron chi connectivity index (χ4n) is 2.74. The third-order valence-electron chi connectivity index (χ3n) is 3.84. The third-order valence-corrected chi connectivity index (χ3v) is 4.72. The van der Waals surface area contributed by atoms with Crippen molar-refractivity contribution in [1.82, 2.24) is 9.97 Å². The molecule has 23 heavy (non-hydrogen) atoms. The van der Waals surface area contributed by atoms with Crippen LogP contribution in [0, 0.1) is 0 Å². The molecule has 0 atom stereocenters. The van der Waals surface area contributed by atoms with Crippen molar-refractivity contribution in [2.45, 2.75) is 11.9 Å². The standard InChI is InChI=1S/C20H16N2S/c1-2-23-20-16(13-15-8-4-6-10-18(15)22-20)19-12-11-14-7-3-5-9-17(14)21-19/h3-13H,2H2,1H3. The van der Waals surface area contributed by atoms with Gasteiger partial charge in [0.1, 0.15) is 5.03 Å². The van der Waals surface area contributed by atoms with Gasteiger partial charge >= 0.3 is 0 Å². The Hall–Kier alpha value is -2.39. The molecule has 0 saturated carbocycles. The summed E-state index contributed by atoms with van der Waals surface area (Å²) in [6.45, 7) is 2.15. The highest BCUT2D eigenvalue weighted by atomic mass is 32.2. The molecule has 0 amide bonds. The van der Waals surface area contributed by atoms with E-state index in [1.165, 1.54) is 0 Å². The molecule has 0 bridgehead atoms. The van der Waals surface area contributed by atoms with Crippen LogP contribution in [-0.2, 0) is 0 Å². The number of para-hydroxylation sites is 2. The summed E-state index contributed by atoms with van der Waals surface area (Å²) in [5.41, 5.74) is 4.15. The SMILES string of the molecule is CCSc1nc2ccccc2cc1-c1ccc2ccccc2n1. The van der Waals surface area contributed by atoms with Gasteiger partial charge in [0.2, 0.25) is 0 Å². The number of hydrogen-bond acceptors (Lipinski definition) is 3. The van der Waals surface area contributed by atoms with E-state index in [-0.39, 0.29) is 0 Å². The molecule has 0 unspecified atom stereocenters. The number of hydrogen-bond donors (Lipinski definition) is 0. The minimum absolute atomic E-state index is 0.984. The monoisotopic (exact) mass is 316 g/mol. The second-order valence-electron chi connectivity index (χ2n) is 5.36. The van der Waals surface area contributed by atoms with Crippen LogP contribution in [0.4, 0.5) is 0 Å². The molecular formula is C20H16N2S. The summed E-state index contributed by atoms with van der Waals surface area (Å²) < 4.78 is 0. The van der Waals surface area contributed by atoms with Gasteiger partial charge < -0.3 is 0 Å².